The highest BCUT2D eigenvalue weighted by atomic mass is 32.1. The molecule has 0 radical (unpaired) electrons. The SMILES string of the molecule is Cc1ncsc1CN1CCC[C@@H](N)C1. The number of hydrogen-bond acceptors (Lipinski definition) is 4. The molecule has 0 spiro atoms. The monoisotopic (exact) mass is 211 g/mol. The molecule has 0 amide bonds. The van der Waals surface area contributed by atoms with E-state index in [2.05, 4.69) is 16.8 Å². The van der Waals surface area contributed by atoms with Crippen molar-refractivity contribution in [2.75, 3.05) is 13.1 Å². The van der Waals surface area contributed by atoms with Gasteiger partial charge in [-0.25, -0.2) is 4.98 Å². The van der Waals surface area contributed by atoms with E-state index in [9.17, 15) is 0 Å². The molecular weight excluding hydrogens is 194 g/mol. The number of piperidine rings is 1. The fraction of sp³-hybridized carbons (Fsp3) is 0.700. The maximum atomic E-state index is 5.94. The molecule has 1 atom stereocenters. The Bertz CT molecular complexity index is 297. The smallest absolute Gasteiger partial charge is 0.0798 e. The van der Waals surface area contributed by atoms with E-state index in [1.807, 2.05) is 5.51 Å². The summed E-state index contributed by atoms with van der Waals surface area (Å²) in [5.74, 6) is 0. The molecule has 1 aromatic heterocycles. The Kier molecular flexibility index (Phi) is 3.15. The summed E-state index contributed by atoms with van der Waals surface area (Å²) in [6.07, 6.45) is 2.41. The lowest BCUT2D eigenvalue weighted by atomic mass is 10.1. The first-order valence-electron chi connectivity index (χ1n) is 5.12. The van der Waals surface area contributed by atoms with Crippen LogP contribution < -0.4 is 5.73 Å². The summed E-state index contributed by atoms with van der Waals surface area (Å²) < 4.78 is 0. The first-order valence-corrected chi connectivity index (χ1v) is 6.00. The normalized spacial score (nSPS) is 24.0. The molecule has 1 aromatic rings. The summed E-state index contributed by atoms with van der Waals surface area (Å²) in [5, 5.41) is 0. The average Bonchev–Trinajstić information content (AvgIpc) is 2.52. The van der Waals surface area contributed by atoms with Crippen LogP contribution in [-0.4, -0.2) is 29.0 Å². The minimum absolute atomic E-state index is 0.372. The largest absolute Gasteiger partial charge is 0.327 e. The molecule has 2 rings (SSSR count). The fourth-order valence-corrected chi connectivity index (χ4v) is 2.73. The molecular formula is C10H17N3S. The van der Waals surface area contributed by atoms with E-state index < -0.39 is 0 Å². The average molecular weight is 211 g/mol. The van der Waals surface area contributed by atoms with Crippen molar-refractivity contribution in [3.63, 3.8) is 0 Å². The molecule has 2 heterocycles. The third kappa shape index (κ3) is 2.32. The molecule has 1 aliphatic heterocycles. The van der Waals surface area contributed by atoms with E-state index in [0.717, 1.165) is 13.1 Å². The highest BCUT2D eigenvalue weighted by molar-refractivity contribution is 7.09. The van der Waals surface area contributed by atoms with Gasteiger partial charge in [-0.2, -0.15) is 0 Å². The van der Waals surface area contributed by atoms with Crippen LogP contribution in [0.25, 0.3) is 0 Å². The Morgan fingerprint density at radius 1 is 1.71 bits per heavy atom. The zero-order chi connectivity index (χ0) is 9.97. The van der Waals surface area contributed by atoms with Crippen LogP contribution >= 0.6 is 11.3 Å². The van der Waals surface area contributed by atoms with Crippen molar-refractivity contribution in [3.8, 4) is 0 Å². The molecule has 0 unspecified atom stereocenters. The first kappa shape index (κ1) is 10.1. The van der Waals surface area contributed by atoms with Gasteiger partial charge in [-0.05, 0) is 26.3 Å². The number of nitrogens with zero attached hydrogens (tertiary/aromatic N) is 2. The summed E-state index contributed by atoms with van der Waals surface area (Å²) in [5.41, 5.74) is 9.04. The summed E-state index contributed by atoms with van der Waals surface area (Å²) in [6, 6.07) is 0.372. The molecule has 0 saturated carbocycles. The van der Waals surface area contributed by atoms with E-state index in [1.54, 1.807) is 11.3 Å². The summed E-state index contributed by atoms with van der Waals surface area (Å²) in [6.45, 7) is 5.34. The molecule has 4 heteroatoms. The topological polar surface area (TPSA) is 42.2 Å². The van der Waals surface area contributed by atoms with Gasteiger partial charge in [-0.3, -0.25) is 4.90 Å². The molecule has 78 valence electrons. The zero-order valence-electron chi connectivity index (χ0n) is 8.57. The molecule has 0 bridgehead atoms. The van der Waals surface area contributed by atoms with E-state index in [4.69, 9.17) is 5.73 Å². The van der Waals surface area contributed by atoms with Gasteiger partial charge in [0.1, 0.15) is 0 Å². The predicted octanol–water partition coefficient (Wildman–Crippen LogP) is 1.37. The molecule has 1 fully saturated rings. The highest BCUT2D eigenvalue weighted by Gasteiger charge is 2.17. The van der Waals surface area contributed by atoms with Gasteiger partial charge in [0.25, 0.3) is 0 Å². The molecule has 2 N–H and O–H groups in total. The van der Waals surface area contributed by atoms with Crippen LogP contribution in [0.1, 0.15) is 23.4 Å². The molecule has 1 aliphatic rings. The number of rotatable bonds is 2. The van der Waals surface area contributed by atoms with Crippen molar-refractivity contribution in [1.82, 2.24) is 9.88 Å². The van der Waals surface area contributed by atoms with Gasteiger partial charge in [0.2, 0.25) is 0 Å². The van der Waals surface area contributed by atoms with Gasteiger partial charge < -0.3 is 5.73 Å². The standard InChI is InChI=1S/C10H17N3S/c1-8-10(14-7-12-8)6-13-4-2-3-9(11)5-13/h7,9H,2-6,11H2,1H3/t9-/m1/s1. The number of thiazole rings is 1. The summed E-state index contributed by atoms with van der Waals surface area (Å²) >= 11 is 1.75. The van der Waals surface area contributed by atoms with E-state index in [0.29, 0.717) is 6.04 Å². The molecule has 1 saturated heterocycles. The number of likely N-dealkylation sites (tertiary alicyclic amines) is 1. The minimum Gasteiger partial charge on any atom is -0.327 e. The lowest BCUT2D eigenvalue weighted by Crippen LogP contribution is -2.42. The second-order valence-electron chi connectivity index (χ2n) is 4.00. The number of hydrogen-bond donors (Lipinski definition) is 1. The van der Waals surface area contributed by atoms with Crippen molar-refractivity contribution in [2.24, 2.45) is 5.73 Å². The Balaban J connectivity index is 1.94. The Morgan fingerprint density at radius 2 is 2.57 bits per heavy atom. The Morgan fingerprint density at radius 3 is 3.21 bits per heavy atom. The molecule has 14 heavy (non-hydrogen) atoms. The van der Waals surface area contributed by atoms with Gasteiger partial charge in [0.05, 0.1) is 11.2 Å². The lowest BCUT2D eigenvalue weighted by Gasteiger charge is -2.30. The van der Waals surface area contributed by atoms with Gasteiger partial charge in [-0.15, -0.1) is 11.3 Å². The van der Waals surface area contributed by atoms with Crippen molar-refractivity contribution < 1.29 is 0 Å². The first-order chi connectivity index (χ1) is 6.75. The van der Waals surface area contributed by atoms with Crippen molar-refractivity contribution in [3.05, 3.63) is 16.1 Å². The van der Waals surface area contributed by atoms with Crippen LogP contribution in [0.2, 0.25) is 0 Å². The van der Waals surface area contributed by atoms with Gasteiger partial charge in [-0.1, -0.05) is 0 Å². The number of nitrogens with two attached hydrogens (primary N) is 1. The number of aromatic nitrogens is 1. The van der Waals surface area contributed by atoms with Crippen molar-refractivity contribution >= 4 is 11.3 Å². The summed E-state index contributed by atoms with van der Waals surface area (Å²) in [4.78, 5) is 8.09. The van der Waals surface area contributed by atoms with Gasteiger partial charge >= 0.3 is 0 Å². The number of aryl methyl sites for hydroxylation is 1. The third-order valence-electron chi connectivity index (χ3n) is 2.75. The van der Waals surface area contributed by atoms with Crippen LogP contribution in [0.15, 0.2) is 5.51 Å². The Hall–Kier alpha value is -0.450. The maximum absolute atomic E-state index is 5.94. The lowest BCUT2D eigenvalue weighted by molar-refractivity contribution is 0.202. The minimum atomic E-state index is 0.372. The molecule has 0 aliphatic carbocycles. The molecule has 0 aromatic carbocycles. The van der Waals surface area contributed by atoms with Gasteiger partial charge in [0, 0.05) is 24.0 Å². The molecule has 3 nitrogen and oxygen atoms in total. The van der Waals surface area contributed by atoms with E-state index >= 15 is 0 Å². The van der Waals surface area contributed by atoms with Crippen molar-refractivity contribution in [1.29, 1.82) is 0 Å². The van der Waals surface area contributed by atoms with Crippen LogP contribution in [0.5, 0.6) is 0 Å². The van der Waals surface area contributed by atoms with Crippen LogP contribution in [0.4, 0.5) is 0 Å². The van der Waals surface area contributed by atoms with Gasteiger partial charge in [0.15, 0.2) is 0 Å². The van der Waals surface area contributed by atoms with Crippen LogP contribution in [-0.2, 0) is 6.54 Å². The summed E-state index contributed by atoms with van der Waals surface area (Å²) in [7, 11) is 0. The Labute approximate surface area is 88.9 Å². The van der Waals surface area contributed by atoms with E-state index in [1.165, 1.54) is 30.0 Å². The second kappa shape index (κ2) is 4.38. The fourth-order valence-electron chi connectivity index (χ4n) is 1.92. The van der Waals surface area contributed by atoms with Crippen LogP contribution in [0, 0.1) is 6.92 Å². The maximum Gasteiger partial charge on any atom is 0.0798 e. The van der Waals surface area contributed by atoms with Crippen LogP contribution in [0.3, 0.4) is 0 Å². The third-order valence-corrected chi connectivity index (χ3v) is 3.67. The highest BCUT2D eigenvalue weighted by Crippen LogP contribution is 2.17. The predicted molar refractivity (Wildman–Crippen MR) is 59.3 cm³/mol. The second-order valence-corrected chi connectivity index (χ2v) is 4.94. The quantitative estimate of drug-likeness (QED) is 0.803. The zero-order valence-corrected chi connectivity index (χ0v) is 9.39. The van der Waals surface area contributed by atoms with Crippen molar-refractivity contribution in [2.45, 2.75) is 32.4 Å². The van der Waals surface area contributed by atoms with E-state index in [-0.39, 0.29) is 0 Å².